The molecule has 6 aromatic rings. The summed E-state index contributed by atoms with van der Waals surface area (Å²) < 4.78 is 0. The Morgan fingerprint density at radius 1 is 0.417 bits per heavy atom. The molecule has 4 heteroatoms. The van der Waals surface area contributed by atoms with Gasteiger partial charge in [-0.3, -0.25) is 0 Å². The first-order chi connectivity index (χ1) is 23.4. The number of benzene rings is 6. The zero-order valence-electron chi connectivity index (χ0n) is 27.5. The summed E-state index contributed by atoms with van der Waals surface area (Å²) in [5, 5.41) is 44.7. The Kier molecular flexibility index (Phi) is 9.72. The lowest BCUT2D eigenvalue weighted by atomic mass is 9.47. The Labute approximate surface area is 283 Å². The summed E-state index contributed by atoms with van der Waals surface area (Å²) in [5.74, 6) is 0.691. The average molecular weight is 637 g/mol. The molecule has 6 rings (SSSR count). The Morgan fingerprint density at radius 2 is 0.833 bits per heavy atom. The Morgan fingerprint density at radius 3 is 1.33 bits per heavy atom. The topological polar surface area (TPSA) is 80.9 Å². The van der Waals surface area contributed by atoms with Gasteiger partial charge in [-0.2, -0.15) is 0 Å². The largest absolute Gasteiger partial charge is 0.508 e. The summed E-state index contributed by atoms with van der Waals surface area (Å²) in [7, 11) is 0. The number of fused-ring (bicyclic) bond motifs is 1. The average Bonchev–Trinajstić information content (AvgIpc) is 3.11. The first-order valence-corrected chi connectivity index (χ1v) is 17.1. The Balaban J connectivity index is 1.82. The Hall–Kier alpha value is -5.22. The lowest BCUT2D eigenvalue weighted by molar-refractivity contribution is 0.320. The molecule has 6 aromatic carbocycles. The van der Waals surface area contributed by atoms with Crippen molar-refractivity contribution in [3.63, 3.8) is 0 Å². The summed E-state index contributed by atoms with van der Waals surface area (Å²) in [6, 6.07) is 45.0. The van der Waals surface area contributed by atoms with Crippen LogP contribution in [-0.2, 0) is 10.8 Å². The second kappa shape index (κ2) is 14.3. The van der Waals surface area contributed by atoms with Crippen molar-refractivity contribution in [1.82, 2.24) is 0 Å². The predicted molar refractivity (Wildman–Crippen MR) is 195 cm³/mol. The van der Waals surface area contributed by atoms with Crippen LogP contribution in [0.2, 0.25) is 0 Å². The van der Waals surface area contributed by atoms with Gasteiger partial charge >= 0.3 is 0 Å². The Bertz CT molecular complexity index is 1810. The highest BCUT2D eigenvalue weighted by Gasteiger charge is 2.56. The smallest absolute Gasteiger partial charge is 0.115 e. The number of aromatic hydroxyl groups is 4. The molecule has 0 spiro atoms. The van der Waals surface area contributed by atoms with Crippen molar-refractivity contribution in [3.05, 3.63) is 167 Å². The zero-order chi connectivity index (χ0) is 33.6. The molecule has 48 heavy (non-hydrogen) atoms. The third-order valence-electron chi connectivity index (χ3n) is 10.1. The molecule has 0 aliphatic carbocycles. The molecular weight excluding hydrogens is 592 g/mol. The van der Waals surface area contributed by atoms with E-state index in [4.69, 9.17) is 0 Å². The van der Waals surface area contributed by atoms with Crippen LogP contribution >= 0.6 is 0 Å². The fourth-order valence-electron chi connectivity index (χ4n) is 7.93. The van der Waals surface area contributed by atoms with Crippen molar-refractivity contribution in [1.29, 1.82) is 0 Å². The molecule has 1 unspecified atom stereocenters. The van der Waals surface area contributed by atoms with E-state index in [-0.39, 0.29) is 23.0 Å². The summed E-state index contributed by atoms with van der Waals surface area (Å²) in [6.07, 6.45) is 7.46. The molecule has 0 aliphatic heterocycles. The van der Waals surface area contributed by atoms with Gasteiger partial charge in [0.2, 0.25) is 0 Å². The van der Waals surface area contributed by atoms with Crippen LogP contribution in [-0.4, -0.2) is 20.4 Å². The van der Waals surface area contributed by atoms with Crippen molar-refractivity contribution in [2.75, 3.05) is 0 Å². The zero-order valence-corrected chi connectivity index (χ0v) is 27.5. The maximum Gasteiger partial charge on any atom is 0.115 e. The summed E-state index contributed by atoms with van der Waals surface area (Å²) in [5.41, 5.74) is 3.26. The number of hydrogen-bond donors (Lipinski definition) is 4. The molecule has 0 amide bonds. The van der Waals surface area contributed by atoms with Crippen LogP contribution < -0.4 is 0 Å². The van der Waals surface area contributed by atoms with Gasteiger partial charge in [0.05, 0.1) is 5.41 Å². The van der Waals surface area contributed by atoms with Gasteiger partial charge < -0.3 is 20.4 Å². The van der Waals surface area contributed by atoms with Crippen LogP contribution in [0.15, 0.2) is 140 Å². The van der Waals surface area contributed by atoms with E-state index in [1.54, 1.807) is 48.5 Å². The molecule has 0 saturated heterocycles. The molecule has 0 aliphatic rings. The van der Waals surface area contributed by atoms with Crippen molar-refractivity contribution < 1.29 is 20.4 Å². The van der Waals surface area contributed by atoms with E-state index in [1.165, 1.54) is 19.3 Å². The van der Waals surface area contributed by atoms with Gasteiger partial charge in [-0.15, -0.1) is 0 Å². The van der Waals surface area contributed by atoms with Crippen LogP contribution in [0.4, 0.5) is 0 Å². The van der Waals surface area contributed by atoms with E-state index < -0.39 is 10.8 Å². The minimum Gasteiger partial charge on any atom is -0.508 e. The maximum atomic E-state index is 10.6. The quantitative estimate of drug-likeness (QED) is 0.0751. The second-order valence-electron chi connectivity index (χ2n) is 12.9. The van der Waals surface area contributed by atoms with E-state index in [0.29, 0.717) is 0 Å². The fraction of sp³-hybridized carbons (Fsp3) is 0.227. The molecular formula is C44H44O4. The van der Waals surface area contributed by atoms with E-state index in [0.717, 1.165) is 64.3 Å². The SMILES string of the molecule is CCCCCCCCC(c1ccc(O)cc1)(c1cccc2ccccc12)C(c1ccc(O)cc1)(c1ccc(O)cc1)c1ccc(O)cc1. The van der Waals surface area contributed by atoms with Gasteiger partial charge in [0, 0.05) is 5.41 Å². The third kappa shape index (κ3) is 5.99. The normalized spacial score (nSPS) is 12.9. The van der Waals surface area contributed by atoms with Gasteiger partial charge in [0.25, 0.3) is 0 Å². The van der Waals surface area contributed by atoms with Gasteiger partial charge in [-0.05, 0) is 93.5 Å². The van der Waals surface area contributed by atoms with E-state index in [2.05, 4.69) is 49.4 Å². The molecule has 0 aromatic heterocycles. The summed E-state index contributed by atoms with van der Waals surface area (Å²) in [4.78, 5) is 0. The van der Waals surface area contributed by atoms with Gasteiger partial charge in [0.15, 0.2) is 0 Å². The minimum absolute atomic E-state index is 0.167. The maximum absolute atomic E-state index is 10.6. The van der Waals surface area contributed by atoms with Gasteiger partial charge in [0.1, 0.15) is 23.0 Å². The van der Waals surface area contributed by atoms with Gasteiger partial charge in [-0.1, -0.05) is 136 Å². The second-order valence-corrected chi connectivity index (χ2v) is 12.9. The van der Waals surface area contributed by atoms with Crippen LogP contribution in [0.1, 0.15) is 79.7 Å². The predicted octanol–water partition coefficient (Wildman–Crippen LogP) is 10.7. The molecule has 1 atom stereocenters. The standard InChI is InChI=1S/C44H44O4/c1-2-3-4-5-6-9-31-43(33-15-23-37(45)24-16-33,42-14-10-12-32-11-7-8-13-41(32)42)44(34-17-25-38(46)26-18-34,35-19-27-39(47)28-20-35)36-21-29-40(48)30-22-36/h7-8,10-30,45-48H,2-6,9,31H2,1H3. The molecule has 0 bridgehead atoms. The molecule has 0 heterocycles. The molecule has 0 fully saturated rings. The van der Waals surface area contributed by atoms with E-state index in [1.807, 2.05) is 48.5 Å². The van der Waals surface area contributed by atoms with Crippen LogP contribution in [0.3, 0.4) is 0 Å². The molecule has 0 radical (unpaired) electrons. The molecule has 4 nitrogen and oxygen atoms in total. The summed E-state index contributed by atoms with van der Waals surface area (Å²) >= 11 is 0. The van der Waals surface area contributed by atoms with Gasteiger partial charge in [-0.25, -0.2) is 0 Å². The minimum atomic E-state index is -0.952. The van der Waals surface area contributed by atoms with Crippen molar-refractivity contribution in [2.45, 2.75) is 62.7 Å². The molecule has 4 N–H and O–H groups in total. The molecule has 0 saturated carbocycles. The highest BCUT2D eigenvalue weighted by molar-refractivity contribution is 5.88. The van der Waals surface area contributed by atoms with Crippen LogP contribution in [0.25, 0.3) is 10.8 Å². The first-order valence-electron chi connectivity index (χ1n) is 17.1. The van der Waals surface area contributed by atoms with Crippen molar-refractivity contribution in [2.24, 2.45) is 0 Å². The fourth-order valence-corrected chi connectivity index (χ4v) is 7.93. The van der Waals surface area contributed by atoms with Crippen LogP contribution in [0.5, 0.6) is 23.0 Å². The van der Waals surface area contributed by atoms with Crippen LogP contribution in [0, 0.1) is 0 Å². The number of phenols is 4. The van der Waals surface area contributed by atoms with E-state index in [9.17, 15) is 20.4 Å². The number of phenolic OH excluding ortho intramolecular Hbond substituents is 4. The van der Waals surface area contributed by atoms with Crippen molar-refractivity contribution in [3.8, 4) is 23.0 Å². The van der Waals surface area contributed by atoms with E-state index >= 15 is 0 Å². The number of hydrogen-bond acceptors (Lipinski definition) is 4. The lowest BCUT2D eigenvalue weighted by Crippen LogP contribution is -2.52. The number of unbranched alkanes of at least 4 members (excludes halogenated alkanes) is 5. The molecule has 244 valence electrons. The third-order valence-corrected chi connectivity index (χ3v) is 10.1. The first kappa shape index (κ1) is 32.7. The highest BCUT2D eigenvalue weighted by Crippen LogP contribution is 2.60. The lowest BCUT2D eigenvalue weighted by Gasteiger charge is -2.54. The number of rotatable bonds is 13. The monoisotopic (exact) mass is 636 g/mol. The highest BCUT2D eigenvalue weighted by atomic mass is 16.3. The van der Waals surface area contributed by atoms with Crippen molar-refractivity contribution >= 4 is 10.8 Å². The summed E-state index contributed by atoms with van der Waals surface area (Å²) in [6.45, 7) is 2.23.